The number of nitrogens with one attached hydrogen (secondary N) is 1. The third-order valence-electron chi connectivity index (χ3n) is 7.55. The van der Waals surface area contributed by atoms with Crippen LogP contribution in [-0.4, -0.2) is 79.9 Å². The number of benzene rings is 2. The Balaban J connectivity index is 1.36. The summed E-state index contributed by atoms with van der Waals surface area (Å²) in [6, 6.07) is 13.1. The molecule has 5 atom stereocenters. The van der Waals surface area contributed by atoms with E-state index >= 15 is 0 Å². The van der Waals surface area contributed by atoms with Crippen LogP contribution in [0.4, 0.5) is 4.79 Å². The first-order chi connectivity index (χ1) is 20.2. The maximum Gasteiger partial charge on any atom is 0.407 e. The van der Waals surface area contributed by atoms with Crippen LogP contribution in [0.5, 0.6) is 0 Å². The lowest BCUT2D eigenvalue weighted by Gasteiger charge is -2.31. The zero-order chi connectivity index (χ0) is 29.9. The van der Waals surface area contributed by atoms with Gasteiger partial charge in [-0.3, -0.25) is 0 Å². The Hall–Kier alpha value is -2.55. The molecule has 3 aromatic rings. The Morgan fingerprint density at radius 2 is 1.98 bits per heavy atom. The van der Waals surface area contributed by atoms with Crippen LogP contribution in [0.3, 0.4) is 0 Å². The molecule has 1 amide bonds. The average molecular weight is 667 g/mol. The largest absolute Gasteiger partial charge is 0.443 e. The fraction of sp³-hybridized carbons (Fsp3) is 0.517. The number of alkyl carbamates (subject to hydrolysis) is 1. The van der Waals surface area contributed by atoms with Gasteiger partial charge in [0.25, 0.3) is 0 Å². The van der Waals surface area contributed by atoms with Gasteiger partial charge in [-0.2, -0.15) is 4.31 Å². The van der Waals surface area contributed by atoms with Gasteiger partial charge in [-0.25, -0.2) is 13.2 Å². The van der Waals surface area contributed by atoms with Crippen molar-refractivity contribution in [2.45, 2.75) is 61.5 Å². The predicted molar refractivity (Wildman–Crippen MR) is 157 cm³/mol. The molecule has 2 aliphatic heterocycles. The molecular formula is C29H36BrN3O8S. The molecule has 42 heavy (non-hydrogen) atoms. The summed E-state index contributed by atoms with van der Waals surface area (Å²) in [6.07, 6.45) is -1.77. The van der Waals surface area contributed by atoms with Crippen molar-refractivity contribution >= 4 is 43.0 Å². The van der Waals surface area contributed by atoms with Crippen LogP contribution in [0.2, 0.25) is 0 Å². The lowest BCUT2D eigenvalue weighted by molar-refractivity contribution is -0.0907. The smallest absolute Gasteiger partial charge is 0.407 e. The van der Waals surface area contributed by atoms with Gasteiger partial charge in [0, 0.05) is 23.8 Å². The Labute approximate surface area is 253 Å². The van der Waals surface area contributed by atoms with Gasteiger partial charge in [-0.1, -0.05) is 65.3 Å². The molecule has 3 heterocycles. The van der Waals surface area contributed by atoms with E-state index in [2.05, 4.69) is 26.4 Å². The van der Waals surface area contributed by atoms with Gasteiger partial charge in [0.2, 0.25) is 10.0 Å². The zero-order valence-corrected chi connectivity index (χ0v) is 25.9. The highest BCUT2D eigenvalue weighted by atomic mass is 79.9. The average Bonchev–Trinajstić information content (AvgIpc) is 3.69. The minimum atomic E-state index is -4.03. The number of fused-ring (bicyclic) bond motifs is 2. The maximum atomic E-state index is 13.9. The van der Waals surface area contributed by atoms with Gasteiger partial charge in [-0.05, 0) is 42.5 Å². The molecular weight excluding hydrogens is 630 g/mol. The molecule has 1 aromatic heterocycles. The number of hydrogen-bond acceptors (Lipinski definition) is 9. The molecule has 0 saturated carbocycles. The fourth-order valence-electron chi connectivity index (χ4n) is 5.41. The summed E-state index contributed by atoms with van der Waals surface area (Å²) >= 11 is 3.36. The molecule has 5 rings (SSSR count). The van der Waals surface area contributed by atoms with Crippen LogP contribution in [-0.2, 0) is 36.0 Å². The number of halogens is 1. The second-order valence-electron chi connectivity index (χ2n) is 11.1. The van der Waals surface area contributed by atoms with Gasteiger partial charge in [0.05, 0.1) is 36.2 Å². The molecule has 2 aliphatic rings. The lowest BCUT2D eigenvalue weighted by Crippen LogP contribution is -2.51. The molecule has 0 radical (unpaired) electrons. The van der Waals surface area contributed by atoms with Crippen molar-refractivity contribution in [2.75, 3.05) is 26.3 Å². The molecule has 0 aliphatic carbocycles. The Morgan fingerprint density at radius 3 is 2.71 bits per heavy atom. The number of aromatic nitrogens is 1. The summed E-state index contributed by atoms with van der Waals surface area (Å²) < 4.78 is 51.2. The molecule has 228 valence electrons. The van der Waals surface area contributed by atoms with Crippen LogP contribution < -0.4 is 5.32 Å². The normalized spacial score (nSPS) is 22.0. The lowest BCUT2D eigenvalue weighted by atomic mass is 10.0. The number of hydrogen-bond donors (Lipinski definition) is 2. The van der Waals surface area contributed by atoms with E-state index in [0.717, 1.165) is 12.0 Å². The second-order valence-corrected chi connectivity index (χ2v) is 13.6. The molecule has 2 N–H and O–H groups in total. The summed E-state index contributed by atoms with van der Waals surface area (Å²) in [7, 11) is -4.03. The molecule has 0 bridgehead atoms. The van der Waals surface area contributed by atoms with Crippen molar-refractivity contribution in [3.8, 4) is 0 Å². The molecule has 1 unspecified atom stereocenters. The number of rotatable bonds is 12. The number of alkyl halides is 1. The molecule has 11 nitrogen and oxygen atoms in total. The monoisotopic (exact) mass is 665 g/mol. The molecule has 2 aromatic carbocycles. The van der Waals surface area contributed by atoms with Crippen LogP contribution in [0, 0.1) is 11.8 Å². The summed E-state index contributed by atoms with van der Waals surface area (Å²) in [5.41, 5.74) is 1.94. The Kier molecular flexibility index (Phi) is 9.85. The first-order valence-corrected chi connectivity index (χ1v) is 16.6. The van der Waals surface area contributed by atoms with Gasteiger partial charge in [0.1, 0.15) is 11.8 Å². The highest BCUT2D eigenvalue weighted by Crippen LogP contribution is 2.33. The predicted octanol–water partition coefficient (Wildman–Crippen LogP) is 3.83. The van der Waals surface area contributed by atoms with Crippen molar-refractivity contribution in [2.24, 2.45) is 11.8 Å². The van der Waals surface area contributed by atoms with E-state index in [1.165, 1.54) is 16.4 Å². The van der Waals surface area contributed by atoms with Gasteiger partial charge < -0.3 is 29.2 Å². The van der Waals surface area contributed by atoms with E-state index in [9.17, 15) is 18.3 Å². The quantitative estimate of drug-likeness (QED) is 0.276. The summed E-state index contributed by atoms with van der Waals surface area (Å²) in [4.78, 5) is 13.1. The number of sulfonamides is 1. The molecule has 0 spiro atoms. The number of amides is 1. The number of nitrogens with zero attached hydrogens (tertiary/aromatic N) is 2. The minimum absolute atomic E-state index is 0.0289. The van der Waals surface area contributed by atoms with Gasteiger partial charge in [-0.15, -0.1) is 0 Å². The van der Waals surface area contributed by atoms with E-state index in [1.807, 2.05) is 44.2 Å². The van der Waals surface area contributed by atoms with E-state index < -0.39 is 34.4 Å². The standard InChI is InChI=1S/C29H36BrN3O8S/c1-18(2)15-33(42(36,37)20-8-9-26-22(13-20)24(14-30)32-41-26)16-25(34)23(12-19-6-4-3-5-7-19)31-29(35)40-27-17-39-28-21(27)10-11-38-28/h3-9,13,18,21,23,25,27-28,34H,10-12,14-17H2,1-2H3,(H,31,35)/t21-,23-,25+,27?,28+/m0/s1. The van der Waals surface area contributed by atoms with Crippen molar-refractivity contribution in [3.63, 3.8) is 0 Å². The molecule has 2 fully saturated rings. The number of aliphatic hydroxyl groups excluding tert-OH is 1. The van der Waals surface area contributed by atoms with Gasteiger partial charge >= 0.3 is 6.09 Å². The van der Waals surface area contributed by atoms with Crippen LogP contribution in [0.15, 0.2) is 57.9 Å². The minimum Gasteiger partial charge on any atom is -0.443 e. The highest BCUT2D eigenvalue weighted by molar-refractivity contribution is 9.08. The Bertz CT molecular complexity index is 1470. The van der Waals surface area contributed by atoms with E-state index in [-0.39, 0.29) is 49.1 Å². The summed E-state index contributed by atoms with van der Waals surface area (Å²) in [5.74, 6) is -0.0633. The van der Waals surface area contributed by atoms with E-state index in [1.54, 1.807) is 6.07 Å². The van der Waals surface area contributed by atoms with Crippen molar-refractivity contribution in [3.05, 3.63) is 59.8 Å². The van der Waals surface area contributed by atoms with Crippen LogP contribution >= 0.6 is 15.9 Å². The van der Waals surface area contributed by atoms with Crippen molar-refractivity contribution < 1.29 is 37.1 Å². The summed E-state index contributed by atoms with van der Waals surface area (Å²) in [5, 5.41) is 19.3. The highest BCUT2D eigenvalue weighted by Gasteiger charge is 2.44. The topological polar surface area (TPSA) is 140 Å². The first kappa shape index (κ1) is 30.9. The number of carbonyl (C=O) groups excluding carboxylic acids is 1. The van der Waals surface area contributed by atoms with Crippen molar-refractivity contribution in [1.82, 2.24) is 14.8 Å². The van der Waals surface area contributed by atoms with E-state index in [0.29, 0.717) is 28.6 Å². The van der Waals surface area contributed by atoms with E-state index in [4.69, 9.17) is 18.7 Å². The van der Waals surface area contributed by atoms with Crippen LogP contribution in [0.25, 0.3) is 11.0 Å². The fourth-order valence-corrected chi connectivity index (χ4v) is 7.46. The van der Waals surface area contributed by atoms with Crippen LogP contribution in [0.1, 0.15) is 31.5 Å². The third-order valence-corrected chi connectivity index (χ3v) is 9.91. The summed E-state index contributed by atoms with van der Waals surface area (Å²) in [6.45, 7) is 4.52. The number of aliphatic hydroxyl groups is 1. The third kappa shape index (κ3) is 6.98. The molecule has 2 saturated heterocycles. The number of ether oxygens (including phenoxy) is 3. The zero-order valence-electron chi connectivity index (χ0n) is 23.5. The SMILES string of the molecule is CC(C)CN(C[C@@H](O)[C@H](Cc1ccccc1)NC(=O)OC1CO[C@H]2OCC[C@@H]12)S(=O)(=O)c1ccc2onc(CBr)c2c1. The Morgan fingerprint density at radius 1 is 1.19 bits per heavy atom. The maximum absolute atomic E-state index is 13.9. The molecule has 13 heteroatoms. The number of carbonyl (C=O) groups is 1. The van der Waals surface area contributed by atoms with Gasteiger partial charge in [0.15, 0.2) is 11.9 Å². The second kappa shape index (κ2) is 13.4. The van der Waals surface area contributed by atoms with Crippen molar-refractivity contribution in [1.29, 1.82) is 0 Å². The first-order valence-electron chi connectivity index (χ1n) is 14.0.